The van der Waals surface area contributed by atoms with Crippen molar-refractivity contribution in [2.24, 2.45) is 23.2 Å². The molecule has 1 amide bonds. The fraction of sp³-hybridized carbons (Fsp3) is 0.944. The van der Waals surface area contributed by atoms with Crippen LogP contribution in [0.25, 0.3) is 0 Å². The highest BCUT2D eigenvalue weighted by molar-refractivity contribution is 5.83. The number of carbonyl (C=O) groups excluding carboxylic acids is 1. The second kappa shape index (κ2) is 5.57. The van der Waals surface area contributed by atoms with Crippen LogP contribution < -0.4 is 0 Å². The predicted molar refractivity (Wildman–Crippen MR) is 86.0 cm³/mol. The number of nitrogens with zero attached hydrogens (tertiary/aromatic N) is 2. The Morgan fingerprint density at radius 2 is 1.52 bits per heavy atom. The Balaban J connectivity index is 1.62. The molecule has 0 aromatic heterocycles. The van der Waals surface area contributed by atoms with Gasteiger partial charge < -0.3 is 9.80 Å². The number of hydrogen-bond donors (Lipinski definition) is 0. The molecule has 3 nitrogen and oxygen atoms in total. The minimum absolute atomic E-state index is 0.0326. The number of carbonyl (C=O) groups is 1. The van der Waals surface area contributed by atoms with Crippen molar-refractivity contribution in [3.63, 3.8) is 0 Å². The molecule has 0 aromatic carbocycles. The van der Waals surface area contributed by atoms with Gasteiger partial charge >= 0.3 is 0 Å². The van der Waals surface area contributed by atoms with Crippen molar-refractivity contribution in [2.45, 2.75) is 57.9 Å². The Morgan fingerprint density at radius 3 is 1.95 bits per heavy atom. The lowest BCUT2D eigenvalue weighted by molar-refractivity contribution is -0.156. The number of rotatable bonds is 5. The first kappa shape index (κ1) is 15.3. The standard InChI is InChI=1S/C18H32N2O/c1-13(19(2)3)5-6-20(4)17(21)18-10-14-7-15(11-18)9-16(8-14)12-18/h13-16H,5-12H2,1-4H3. The summed E-state index contributed by atoms with van der Waals surface area (Å²) in [5, 5.41) is 0. The molecule has 0 saturated heterocycles. The van der Waals surface area contributed by atoms with Crippen molar-refractivity contribution in [2.75, 3.05) is 27.7 Å². The van der Waals surface area contributed by atoms with Gasteiger partial charge in [-0.25, -0.2) is 0 Å². The lowest BCUT2D eigenvalue weighted by Crippen LogP contribution is -2.54. The fourth-order valence-electron chi connectivity index (χ4n) is 5.52. The van der Waals surface area contributed by atoms with Gasteiger partial charge in [0.05, 0.1) is 5.41 Å². The Hall–Kier alpha value is -0.570. The van der Waals surface area contributed by atoms with Crippen LogP contribution in [0.5, 0.6) is 0 Å². The number of hydrogen-bond acceptors (Lipinski definition) is 2. The van der Waals surface area contributed by atoms with E-state index in [4.69, 9.17) is 0 Å². The molecule has 0 N–H and O–H groups in total. The highest BCUT2D eigenvalue weighted by Crippen LogP contribution is 2.60. The molecular formula is C18H32N2O. The highest BCUT2D eigenvalue weighted by Gasteiger charge is 2.55. The average Bonchev–Trinajstić information content (AvgIpc) is 2.41. The van der Waals surface area contributed by atoms with E-state index in [-0.39, 0.29) is 5.41 Å². The normalized spacial score (nSPS) is 38.8. The van der Waals surface area contributed by atoms with Crippen molar-refractivity contribution in [1.82, 2.24) is 9.80 Å². The van der Waals surface area contributed by atoms with Crippen molar-refractivity contribution in [3.8, 4) is 0 Å². The Bertz CT molecular complexity index is 369. The summed E-state index contributed by atoms with van der Waals surface area (Å²) in [5.41, 5.74) is 0.0326. The minimum Gasteiger partial charge on any atom is -0.345 e. The van der Waals surface area contributed by atoms with Gasteiger partial charge in [0.2, 0.25) is 5.91 Å². The Kier molecular flexibility index (Phi) is 4.06. The molecule has 1 atom stereocenters. The molecule has 4 aliphatic rings. The predicted octanol–water partition coefficient (Wildman–Crippen LogP) is 3.00. The third kappa shape index (κ3) is 2.86. The van der Waals surface area contributed by atoms with E-state index in [1.54, 1.807) is 0 Å². The summed E-state index contributed by atoms with van der Waals surface area (Å²) < 4.78 is 0. The smallest absolute Gasteiger partial charge is 0.228 e. The van der Waals surface area contributed by atoms with E-state index in [1.807, 2.05) is 11.9 Å². The van der Waals surface area contributed by atoms with E-state index in [2.05, 4.69) is 25.9 Å². The summed E-state index contributed by atoms with van der Waals surface area (Å²) in [6, 6.07) is 0.539. The van der Waals surface area contributed by atoms with Gasteiger partial charge in [-0.3, -0.25) is 4.79 Å². The van der Waals surface area contributed by atoms with E-state index in [0.29, 0.717) is 11.9 Å². The molecule has 4 bridgehead atoms. The van der Waals surface area contributed by atoms with Crippen LogP contribution in [0.2, 0.25) is 0 Å². The van der Waals surface area contributed by atoms with Crippen molar-refractivity contribution in [3.05, 3.63) is 0 Å². The average molecular weight is 292 g/mol. The molecule has 0 aliphatic heterocycles. The minimum atomic E-state index is 0.0326. The molecular weight excluding hydrogens is 260 g/mol. The van der Waals surface area contributed by atoms with Crippen LogP contribution in [0.1, 0.15) is 51.9 Å². The largest absolute Gasteiger partial charge is 0.345 e. The summed E-state index contributed by atoms with van der Waals surface area (Å²) in [7, 11) is 6.26. The zero-order valence-corrected chi connectivity index (χ0v) is 14.3. The molecule has 4 saturated carbocycles. The molecule has 4 fully saturated rings. The van der Waals surface area contributed by atoms with E-state index >= 15 is 0 Å². The monoisotopic (exact) mass is 292 g/mol. The van der Waals surface area contributed by atoms with Crippen LogP contribution >= 0.6 is 0 Å². The van der Waals surface area contributed by atoms with Gasteiger partial charge in [0.25, 0.3) is 0 Å². The summed E-state index contributed by atoms with van der Waals surface area (Å²) in [6.45, 7) is 3.14. The van der Waals surface area contributed by atoms with Gasteiger partial charge in [0.15, 0.2) is 0 Å². The maximum Gasteiger partial charge on any atom is 0.228 e. The molecule has 1 unspecified atom stereocenters. The quantitative estimate of drug-likeness (QED) is 0.777. The fourth-order valence-corrected chi connectivity index (χ4v) is 5.52. The lowest BCUT2D eigenvalue weighted by Gasteiger charge is -2.56. The molecule has 120 valence electrons. The van der Waals surface area contributed by atoms with E-state index in [9.17, 15) is 4.79 Å². The van der Waals surface area contributed by atoms with Crippen LogP contribution in [0.15, 0.2) is 0 Å². The summed E-state index contributed by atoms with van der Waals surface area (Å²) in [4.78, 5) is 17.4. The highest BCUT2D eigenvalue weighted by atomic mass is 16.2. The number of amides is 1. The van der Waals surface area contributed by atoms with Crippen LogP contribution in [0, 0.1) is 23.2 Å². The maximum atomic E-state index is 13.1. The molecule has 0 radical (unpaired) electrons. The molecule has 0 aromatic rings. The molecule has 4 rings (SSSR count). The van der Waals surface area contributed by atoms with Gasteiger partial charge in [0.1, 0.15) is 0 Å². The summed E-state index contributed by atoms with van der Waals surface area (Å²) >= 11 is 0. The molecule has 3 heteroatoms. The third-order valence-electron chi connectivity index (χ3n) is 6.60. The Labute approximate surface area is 130 Å². The SMILES string of the molecule is CC(CCN(C)C(=O)C12CC3CC(CC(C3)C1)C2)N(C)C. The van der Waals surface area contributed by atoms with Crippen LogP contribution in [-0.2, 0) is 4.79 Å². The summed E-state index contributed by atoms with van der Waals surface area (Å²) in [6.07, 6.45) is 8.86. The Morgan fingerprint density at radius 1 is 1.05 bits per heavy atom. The zero-order valence-electron chi connectivity index (χ0n) is 14.3. The van der Waals surface area contributed by atoms with Crippen molar-refractivity contribution in [1.29, 1.82) is 0 Å². The van der Waals surface area contributed by atoms with Crippen LogP contribution in [-0.4, -0.2) is 49.4 Å². The first-order chi connectivity index (χ1) is 9.89. The van der Waals surface area contributed by atoms with Crippen molar-refractivity contribution >= 4 is 5.91 Å². The first-order valence-electron chi connectivity index (χ1n) is 8.81. The molecule has 4 aliphatic carbocycles. The molecule has 0 spiro atoms. The van der Waals surface area contributed by atoms with Gasteiger partial charge in [-0.05, 0) is 83.7 Å². The molecule has 0 heterocycles. The zero-order chi connectivity index (χ0) is 15.2. The first-order valence-corrected chi connectivity index (χ1v) is 8.81. The van der Waals surface area contributed by atoms with E-state index < -0.39 is 0 Å². The molecule has 21 heavy (non-hydrogen) atoms. The second-order valence-electron chi connectivity index (χ2n) is 8.53. The van der Waals surface area contributed by atoms with Crippen molar-refractivity contribution < 1.29 is 4.79 Å². The van der Waals surface area contributed by atoms with E-state index in [0.717, 1.165) is 30.7 Å². The maximum absolute atomic E-state index is 13.1. The van der Waals surface area contributed by atoms with Gasteiger partial charge in [0, 0.05) is 19.6 Å². The summed E-state index contributed by atoms with van der Waals surface area (Å²) in [5.74, 6) is 3.03. The third-order valence-corrected chi connectivity index (χ3v) is 6.60. The second-order valence-corrected chi connectivity index (χ2v) is 8.53. The van der Waals surface area contributed by atoms with Gasteiger partial charge in [-0.2, -0.15) is 0 Å². The topological polar surface area (TPSA) is 23.6 Å². The van der Waals surface area contributed by atoms with Gasteiger partial charge in [-0.1, -0.05) is 0 Å². The van der Waals surface area contributed by atoms with Crippen LogP contribution in [0.4, 0.5) is 0 Å². The van der Waals surface area contributed by atoms with E-state index in [1.165, 1.54) is 38.5 Å². The lowest BCUT2D eigenvalue weighted by atomic mass is 9.49. The van der Waals surface area contributed by atoms with Gasteiger partial charge in [-0.15, -0.1) is 0 Å². The van der Waals surface area contributed by atoms with Crippen LogP contribution in [0.3, 0.4) is 0 Å².